The van der Waals surface area contributed by atoms with Gasteiger partial charge in [0.25, 0.3) is 0 Å². The van der Waals surface area contributed by atoms with E-state index in [4.69, 9.17) is 18.6 Å². The molecule has 178 valence electrons. The molecule has 0 saturated carbocycles. The third kappa shape index (κ3) is 5.38. The van der Waals surface area contributed by atoms with Gasteiger partial charge in [0.1, 0.15) is 35.7 Å². The van der Waals surface area contributed by atoms with Crippen LogP contribution in [0.5, 0.6) is 5.75 Å². The molecule has 1 fully saturated rings. The van der Waals surface area contributed by atoms with Gasteiger partial charge >= 0.3 is 5.63 Å². The summed E-state index contributed by atoms with van der Waals surface area (Å²) in [5.74, 6) is 0.381. The van der Waals surface area contributed by atoms with Gasteiger partial charge in [-0.15, -0.1) is 5.10 Å². The molecule has 33 heavy (non-hydrogen) atoms. The van der Waals surface area contributed by atoms with Gasteiger partial charge in [0.05, 0.1) is 36.6 Å². The lowest BCUT2D eigenvalue weighted by atomic mass is 9.99. The number of aryl methyl sites for hydroxylation is 1. The Morgan fingerprint density at radius 1 is 1.12 bits per heavy atom. The van der Waals surface area contributed by atoms with Crippen molar-refractivity contribution < 1.29 is 39.1 Å². The molecule has 1 aliphatic rings. The van der Waals surface area contributed by atoms with E-state index in [2.05, 4.69) is 10.3 Å². The SMILES string of the molecule is O=c1cc(OCn2cc(CCCO[C@@H]3O[C@H](CO)[C@@H](O)[C@H](O)[C@H]3O)nn2)c2ccccc2o1. The standard InChI is InChI=1S/C21H25N3O9/c25-10-16-18(27)19(28)20(29)21(33-16)30-7-3-4-12-9-24(23-22-12)11-31-15-8-17(26)32-14-6-2-1-5-13(14)15/h1-2,5-6,8-9,16,18-21,25,27-29H,3-4,7,10-11H2/t16-,18-,19+,20-,21-/m1/s1. The van der Waals surface area contributed by atoms with E-state index in [0.717, 1.165) is 0 Å². The molecule has 12 nitrogen and oxygen atoms in total. The van der Waals surface area contributed by atoms with Crippen LogP contribution in [0.15, 0.2) is 45.7 Å². The van der Waals surface area contributed by atoms with Crippen LogP contribution in [0.1, 0.15) is 12.1 Å². The van der Waals surface area contributed by atoms with Gasteiger partial charge in [-0.25, -0.2) is 9.48 Å². The van der Waals surface area contributed by atoms with E-state index in [9.17, 15) is 25.2 Å². The van der Waals surface area contributed by atoms with E-state index in [1.807, 2.05) is 6.07 Å². The lowest BCUT2D eigenvalue weighted by Crippen LogP contribution is -2.59. The number of aromatic nitrogens is 3. The van der Waals surface area contributed by atoms with Gasteiger partial charge in [-0.3, -0.25) is 0 Å². The maximum atomic E-state index is 11.7. The summed E-state index contributed by atoms with van der Waals surface area (Å²) in [6.07, 6.45) is -3.79. The quantitative estimate of drug-likeness (QED) is 0.231. The number of benzene rings is 1. The summed E-state index contributed by atoms with van der Waals surface area (Å²) in [7, 11) is 0. The van der Waals surface area contributed by atoms with Crippen LogP contribution in [-0.4, -0.2) is 79.3 Å². The van der Waals surface area contributed by atoms with Crippen molar-refractivity contribution in [3.8, 4) is 5.75 Å². The molecule has 0 amide bonds. The van der Waals surface area contributed by atoms with Crippen LogP contribution < -0.4 is 10.4 Å². The first-order chi connectivity index (χ1) is 16.0. The summed E-state index contributed by atoms with van der Waals surface area (Å²) >= 11 is 0. The lowest BCUT2D eigenvalue weighted by Gasteiger charge is -2.39. The monoisotopic (exact) mass is 463 g/mol. The average Bonchev–Trinajstić information content (AvgIpc) is 3.27. The fraction of sp³-hybridized carbons (Fsp3) is 0.476. The summed E-state index contributed by atoms with van der Waals surface area (Å²) in [5, 5.41) is 47.5. The molecule has 12 heteroatoms. The van der Waals surface area contributed by atoms with Crippen LogP contribution >= 0.6 is 0 Å². The molecular weight excluding hydrogens is 438 g/mol. The molecule has 0 aliphatic carbocycles. The van der Waals surface area contributed by atoms with Gasteiger partial charge in [-0.05, 0) is 25.0 Å². The highest BCUT2D eigenvalue weighted by Gasteiger charge is 2.43. The van der Waals surface area contributed by atoms with Gasteiger partial charge < -0.3 is 39.1 Å². The predicted octanol–water partition coefficient (Wildman–Crippen LogP) is -0.830. The second kappa shape index (κ2) is 10.4. The number of ether oxygens (including phenoxy) is 3. The van der Waals surface area contributed by atoms with Crippen molar-refractivity contribution in [2.75, 3.05) is 13.2 Å². The van der Waals surface area contributed by atoms with Crippen molar-refractivity contribution >= 4 is 11.0 Å². The largest absolute Gasteiger partial charge is 0.470 e. The Labute approximate surface area is 187 Å². The number of aliphatic hydroxyl groups is 4. The molecule has 1 saturated heterocycles. The van der Waals surface area contributed by atoms with Crippen molar-refractivity contribution in [3.05, 3.63) is 52.6 Å². The van der Waals surface area contributed by atoms with E-state index in [-0.39, 0.29) is 13.3 Å². The highest BCUT2D eigenvalue weighted by Crippen LogP contribution is 2.24. The zero-order valence-corrected chi connectivity index (χ0v) is 17.6. The van der Waals surface area contributed by atoms with E-state index in [1.165, 1.54) is 10.7 Å². The van der Waals surface area contributed by atoms with Gasteiger partial charge in [-0.2, -0.15) is 0 Å². The minimum absolute atomic E-state index is 0.0435. The summed E-state index contributed by atoms with van der Waals surface area (Å²) < 4.78 is 23.1. The predicted molar refractivity (Wildman–Crippen MR) is 111 cm³/mol. The normalized spacial score (nSPS) is 25.4. The molecular formula is C21H25N3O9. The zero-order chi connectivity index (χ0) is 23.4. The maximum absolute atomic E-state index is 11.7. The molecule has 1 aliphatic heterocycles. The number of hydrogen-bond donors (Lipinski definition) is 4. The highest BCUT2D eigenvalue weighted by molar-refractivity contribution is 5.82. The molecule has 0 bridgehead atoms. The Hall–Kier alpha value is -2.87. The summed E-state index contributed by atoms with van der Waals surface area (Å²) in [5.41, 5.74) is 0.592. The van der Waals surface area contributed by atoms with Crippen molar-refractivity contribution in [2.24, 2.45) is 0 Å². The fourth-order valence-corrected chi connectivity index (χ4v) is 3.51. The highest BCUT2D eigenvalue weighted by atomic mass is 16.7. The van der Waals surface area contributed by atoms with E-state index >= 15 is 0 Å². The van der Waals surface area contributed by atoms with Crippen LogP contribution in [0.25, 0.3) is 11.0 Å². The molecule has 5 atom stereocenters. The molecule has 1 aromatic carbocycles. The van der Waals surface area contributed by atoms with Crippen molar-refractivity contribution in [1.82, 2.24) is 15.0 Å². The van der Waals surface area contributed by atoms with Crippen molar-refractivity contribution in [3.63, 3.8) is 0 Å². The van der Waals surface area contributed by atoms with Crippen molar-refractivity contribution in [1.29, 1.82) is 0 Å². The summed E-state index contributed by atoms with van der Waals surface area (Å²) in [4.78, 5) is 11.7. The zero-order valence-electron chi connectivity index (χ0n) is 17.6. The molecule has 0 unspecified atom stereocenters. The van der Waals surface area contributed by atoms with Crippen molar-refractivity contribution in [2.45, 2.75) is 50.3 Å². The third-order valence-electron chi connectivity index (χ3n) is 5.26. The molecule has 4 N–H and O–H groups in total. The number of hydrogen-bond acceptors (Lipinski definition) is 11. The van der Waals surface area contributed by atoms with Crippen LogP contribution in [-0.2, 0) is 22.6 Å². The van der Waals surface area contributed by atoms with Crippen LogP contribution in [0.2, 0.25) is 0 Å². The van der Waals surface area contributed by atoms with Gasteiger partial charge in [0.15, 0.2) is 13.0 Å². The minimum Gasteiger partial charge on any atom is -0.470 e. The lowest BCUT2D eigenvalue weighted by molar-refractivity contribution is -0.301. The van der Waals surface area contributed by atoms with E-state index < -0.39 is 42.9 Å². The first-order valence-electron chi connectivity index (χ1n) is 10.4. The topological polar surface area (TPSA) is 170 Å². The van der Waals surface area contributed by atoms with Crippen LogP contribution in [0.3, 0.4) is 0 Å². The number of rotatable bonds is 9. The summed E-state index contributed by atoms with van der Waals surface area (Å²) in [6, 6.07) is 8.32. The van der Waals surface area contributed by atoms with Gasteiger partial charge in [0.2, 0.25) is 0 Å². The van der Waals surface area contributed by atoms with Gasteiger partial charge in [-0.1, -0.05) is 17.3 Å². The number of aliphatic hydroxyl groups excluding tert-OH is 4. The maximum Gasteiger partial charge on any atom is 0.339 e. The Kier molecular flexibility index (Phi) is 7.33. The Balaban J connectivity index is 1.26. The third-order valence-corrected chi connectivity index (χ3v) is 5.26. The number of para-hydroxylation sites is 1. The Morgan fingerprint density at radius 2 is 1.94 bits per heavy atom. The fourth-order valence-electron chi connectivity index (χ4n) is 3.51. The van der Waals surface area contributed by atoms with Gasteiger partial charge in [0, 0.05) is 0 Å². The molecule has 4 rings (SSSR count). The first kappa shape index (κ1) is 23.3. The average molecular weight is 463 g/mol. The second-order valence-electron chi connectivity index (χ2n) is 7.62. The van der Waals surface area contributed by atoms with Crippen LogP contribution in [0.4, 0.5) is 0 Å². The molecule has 0 spiro atoms. The second-order valence-corrected chi connectivity index (χ2v) is 7.62. The Bertz CT molecular complexity index is 1120. The van der Waals surface area contributed by atoms with E-state index in [0.29, 0.717) is 35.3 Å². The van der Waals surface area contributed by atoms with E-state index in [1.54, 1.807) is 24.4 Å². The first-order valence-corrected chi connectivity index (χ1v) is 10.4. The molecule has 3 heterocycles. The minimum atomic E-state index is -1.48. The Morgan fingerprint density at radius 3 is 2.76 bits per heavy atom. The number of nitrogens with zero attached hydrogens (tertiary/aromatic N) is 3. The smallest absolute Gasteiger partial charge is 0.339 e. The number of fused-ring (bicyclic) bond motifs is 1. The molecule has 0 radical (unpaired) electrons. The molecule has 3 aromatic rings. The molecule has 2 aromatic heterocycles. The van der Waals surface area contributed by atoms with Crippen LogP contribution in [0, 0.1) is 0 Å². The summed E-state index contributed by atoms with van der Waals surface area (Å²) in [6.45, 7) is -0.292.